The first-order valence-corrected chi connectivity index (χ1v) is 9.07. The maximum absolute atomic E-state index is 10.6. The Bertz CT molecular complexity index is 635. The molecule has 0 unspecified atom stereocenters. The summed E-state index contributed by atoms with van der Waals surface area (Å²) >= 11 is 0. The van der Waals surface area contributed by atoms with E-state index in [2.05, 4.69) is 31.7 Å². The molecule has 0 amide bonds. The summed E-state index contributed by atoms with van der Waals surface area (Å²) in [7, 11) is 0. The summed E-state index contributed by atoms with van der Waals surface area (Å²) in [5.41, 5.74) is 4.24. The summed E-state index contributed by atoms with van der Waals surface area (Å²) in [6.45, 7) is 9.33. The second-order valence-electron chi connectivity index (χ2n) is 7.92. The fraction of sp³-hybridized carbons (Fsp3) is 0.619. The van der Waals surface area contributed by atoms with E-state index in [9.17, 15) is 5.11 Å². The number of hydrogen-bond donors (Lipinski definition) is 1. The van der Waals surface area contributed by atoms with Gasteiger partial charge in [0.25, 0.3) is 0 Å². The lowest BCUT2D eigenvalue weighted by atomic mass is 9.55. The number of aliphatic hydroxyl groups is 1. The molecule has 1 radical (unpaired) electrons. The highest BCUT2D eigenvalue weighted by atomic mass is 16.5. The first-order valence-electron chi connectivity index (χ1n) is 9.07. The highest BCUT2D eigenvalue weighted by Crippen LogP contribution is 2.62. The molecule has 1 N–H and O–H groups in total. The molecule has 5 atom stereocenters. The van der Waals surface area contributed by atoms with Crippen LogP contribution in [0.25, 0.3) is 0 Å². The zero-order valence-electron chi connectivity index (χ0n) is 14.3. The maximum atomic E-state index is 10.6. The highest BCUT2D eigenvalue weighted by molar-refractivity contribution is 5.41. The second-order valence-corrected chi connectivity index (χ2v) is 7.92. The summed E-state index contributed by atoms with van der Waals surface area (Å²) in [5, 5.41) is 10.6. The molecule has 23 heavy (non-hydrogen) atoms. The van der Waals surface area contributed by atoms with Gasteiger partial charge in [-0.25, -0.2) is 0 Å². The van der Waals surface area contributed by atoms with Gasteiger partial charge in [-0.15, -0.1) is 0 Å². The van der Waals surface area contributed by atoms with Crippen LogP contribution in [0.15, 0.2) is 24.3 Å². The number of ether oxygens (including phenoxy) is 1. The Labute approximate surface area is 139 Å². The number of aryl methyl sites for hydroxylation is 1. The van der Waals surface area contributed by atoms with E-state index in [1.54, 1.807) is 0 Å². The third kappa shape index (κ3) is 2.18. The molecular formula is C21H27O2. The molecule has 123 valence electrons. The van der Waals surface area contributed by atoms with E-state index in [-0.39, 0.29) is 11.5 Å². The van der Waals surface area contributed by atoms with Gasteiger partial charge in [0, 0.05) is 11.5 Å². The van der Waals surface area contributed by atoms with Gasteiger partial charge >= 0.3 is 0 Å². The van der Waals surface area contributed by atoms with E-state index in [0.717, 1.165) is 25.0 Å². The Morgan fingerprint density at radius 3 is 3.04 bits per heavy atom. The zero-order valence-corrected chi connectivity index (χ0v) is 14.3. The van der Waals surface area contributed by atoms with Crippen LogP contribution in [-0.2, 0) is 6.42 Å². The SMILES string of the molecule is C=C1C[C@@H](O)[C@@]2(C)CC[C@@H]3c4cc(OCC)[c]cc4CC[C@H]3[C@H]12. The van der Waals surface area contributed by atoms with Crippen molar-refractivity contribution in [2.24, 2.45) is 17.3 Å². The molecule has 4 rings (SSSR count). The normalized spacial score (nSPS) is 38.7. The molecule has 0 spiro atoms. The van der Waals surface area contributed by atoms with Crippen molar-refractivity contribution in [3.63, 3.8) is 0 Å². The van der Waals surface area contributed by atoms with Crippen LogP contribution >= 0.6 is 0 Å². The minimum absolute atomic E-state index is 0.0411. The summed E-state index contributed by atoms with van der Waals surface area (Å²) in [6.07, 6.45) is 5.20. The minimum atomic E-state index is -0.203. The molecule has 1 aromatic carbocycles. The zero-order chi connectivity index (χ0) is 16.2. The van der Waals surface area contributed by atoms with Crippen LogP contribution in [-0.4, -0.2) is 17.8 Å². The Morgan fingerprint density at radius 2 is 2.26 bits per heavy atom. The minimum Gasteiger partial charge on any atom is -0.493 e. The first-order chi connectivity index (χ1) is 11.0. The predicted molar refractivity (Wildman–Crippen MR) is 91.6 cm³/mol. The average molecular weight is 311 g/mol. The van der Waals surface area contributed by atoms with E-state index in [4.69, 9.17) is 4.74 Å². The van der Waals surface area contributed by atoms with Crippen molar-refractivity contribution in [2.45, 2.75) is 58.0 Å². The van der Waals surface area contributed by atoms with Crippen LogP contribution in [0, 0.1) is 23.3 Å². The second kappa shape index (κ2) is 5.37. The lowest BCUT2D eigenvalue weighted by Crippen LogP contribution is -2.44. The Morgan fingerprint density at radius 1 is 1.43 bits per heavy atom. The predicted octanol–water partition coefficient (Wildman–Crippen LogP) is 4.27. The van der Waals surface area contributed by atoms with Gasteiger partial charge in [-0.05, 0) is 80.0 Å². The monoisotopic (exact) mass is 311 g/mol. The molecule has 1 aromatic rings. The number of benzene rings is 1. The van der Waals surface area contributed by atoms with Crippen LogP contribution < -0.4 is 4.74 Å². The van der Waals surface area contributed by atoms with Crippen LogP contribution in [0.2, 0.25) is 0 Å². The van der Waals surface area contributed by atoms with Gasteiger partial charge in [0.15, 0.2) is 0 Å². The van der Waals surface area contributed by atoms with E-state index in [0.29, 0.717) is 24.4 Å². The van der Waals surface area contributed by atoms with Gasteiger partial charge in [0.1, 0.15) is 5.75 Å². The van der Waals surface area contributed by atoms with Crippen LogP contribution in [0.4, 0.5) is 0 Å². The van der Waals surface area contributed by atoms with E-state index >= 15 is 0 Å². The maximum Gasteiger partial charge on any atom is 0.127 e. The molecule has 0 bridgehead atoms. The van der Waals surface area contributed by atoms with Gasteiger partial charge in [-0.2, -0.15) is 0 Å². The van der Waals surface area contributed by atoms with Gasteiger partial charge in [0.2, 0.25) is 0 Å². The van der Waals surface area contributed by atoms with Crippen molar-refractivity contribution >= 4 is 0 Å². The number of fused-ring (bicyclic) bond motifs is 5. The van der Waals surface area contributed by atoms with Crippen molar-refractivity contribution in [3.05, 3.63) is 41.5 Å². The summed E-state index contributed by atoms with van der Waals surface area (Å²) in [4.78, 5) is 0. The number of aliphatic hydroxyl groups excluding tert-OH is 1. The van der Waals surface area contributed by atoms with Crippen LogP contribution in [0.1, 0.15) is 56.6 Å². The van der Waals surface area contributed by atoms with Gasteiger partial charge < -0.3 is 9.84 Å². The molecule has 3 aliphatic carbocycles. The first kappa shape index (κ1) is 15.3. The van der Waals surface area contributed by atoms with Crippen molar-refractivity contribution in [1.82, 2.24) is 0 Å². The molecular weight excluding hydrogens is 284 g/mol. The summed E-state index contributed by atoms with van der Waals surface area (Å²) < 4.78 is 5.68. The fourth-order valence-corrected chi connectivity index (χ4v) is 5.70. The molecule has 2 fully saturated rings. The molecule has 2 nitrogen and oxygen atoms in total. The largest absolute Gasteiger partial charge is 0.493 e. The van der Waals surface area contributed by atoms with Crippen molar-refractivity contribution < 1.29 is 9.84 Å². The standard InChI is InChI=1S/C21H27O2/c1-4-23-15-7-5-14-6-8-17-16(18(14)12-15)9-10-21(3)19(22)11-13(2)20(17)21/h5,12,16-17,19-20,22H,2,4,6,8-11H2,1,3H3/t16-,17+,19+,20-,21+/m0/s1. The van der Waals surface area contributed by atoms with E-state index in [1.807, 2.05) is 6.92 Å². The van der Waals surface area contributed by atoms with E-state index < -0.39 is 0 Å². The lowest BCUT2D eigenvalue weighted by Gasteiger charge is -2.50. The third-order valence-corrected chi connectivity index (χ3v) is 6.80. The summed E-state index contributed by atoms with van der Waals surface area (Å²) in [6, 6.07) is 7.65. The van der Waals surface area contributed by atoms with Gasteiger partial charge in [0.05, 0.1) is 12.7 Å². The quantitative estimate of drug-likeness (QED) is 0.827. The highest BCUT2D eigenvalue weighted by Gasteiger charge is 2.56. The smallest absolute Gasteiger partial charge is 0.127 e. The molecule has 3 aliphatic rings. The number of rotatable bonds is 2. The van der Waals surface area contributed by atoms with Crippen LogP contribution in [0.3, 0.4) is 0 Å². The number of hydrogen-bond acceptors (Lipinski definition) is 2. The Balaban J connectivity index is 1.71. The molecule has 0 aromatic heterocycles. The molecule has 0 saturated heterocycles. The van der Waals surface area contributed by atoms with Gasteiger partial charge in [-0.3, -0.25) is 0 Å². The Kier molecular flexibility index (Phi) is 3.57. The molecule has 2 heteroatoms. The molecule has 2 saturated carbocycles. The molecule has 0 aliphatic heterocycles. The molecule has 0 heterocycles. The van der Waals surface area contributed by atoms with Crippen LogP contribution in [0.5, 0.6) is 5.75 Å². The summed E-state index contributed by atoms with van der Waals surface area (Å²) in [5.74, 6) is 2.57. The lowest BCUT2D eigenvalue weighted by molar-refractivity contribution is -0.0179. The Hall–Kier alpha value is -1.28. The average Bonchev–Trinajstić information content (AvgIpc) is 2.77. The van der Waals surface area contributed by atoms with E-state index in [1.165, 1.54) is 29.5 Å². The van der Waals surface area contributed by atoms with Crippen molar-refractivity contribution in [1.29, 1.82) is 0 Å². The van der Waals surface area contributed by atoms with Crippen molar-refractivity contribution in [2.75, 3.05) is 6.61 Å². The van der Waals surface area contributed by atoms with Crippen molar-refractivity contribution in [3.8, 4) is 5.75 Å². The third-order valence-electron chi connectivity index (χ3n) is 6.80. The van der Waals surface area contributed by atoms with Gasteiger partial charge in [-0.1, -0.05) is 19.1 Å². The fourth-order valence-electron chi connectivity index (χ4n) is 5.70. The topological polar surface area (TPSA) is 29.5 Å².